The van der Waals surface area contributed by atoms with Crippen molar-refractivity contribution in [3.8, 4) is 0 Å². The molecule has 38 heavy (non-hydrogen) atoms. The van der Waals surface area contributed by atoms with Crippen LogP contribution in [-0.4, -0.2) is 43.8 Å². The lowest BCUT2D eigenvalue weighted by Crippen LogP contribution is -2.52. The van der Waals surface area contributed by atoms with Crippen molar-refractivity contribution in [3.05, 3.63) is 94.0 Å². The van der Waals surface area contributed by atoms with Crippen LogP contribution >= 0.6 is 23.2 Å². The predicted molar refractivity (Wildman–Crippen MR) is 152 cm³/mol. The topological polar surface area (TPSA) is 86.8 Å². The average Bonchev–Trinajstić information content (AvgIpc) is 2.86. The van der Waals surface area contributed by atoms with E-state index < -0.39 is 28.5 Å². The smallest absolute Gasteiger partial charge is 0.264 e. The summed E-state index contributed by atoms with van der Waals surface area (Å²) < 4.78 is 28.7. The Bertz CT molecular complexity index is 1400. The highest BCUT2D eigenvalue weighted by atomic mass is 35.5. The summed E-state index contributed by atoms with van der Waals surface area (Å²) in [6.07, 6.45) is 0. The molecule has 3 rings (SSSR count). The molecule has 2 amide bonds. The lowest BCUT2D eigenvalue weighted by molar-refractivity contribution is -0.139. The molecule has 0 heterocycles. The van der Waals surface area contributed by atoms with E-state index in [0.29, 0.717) is 26.9 Å². The first-order valence-electron chi connectivity index (χ1n) is 12.1. The lowest BCUT2D eigenvalue weighted by atomic mass is 10.1. The average molecular weight is 577 g/mol. The summed E-state index contributed by atoms with van der Waals surface area (Å²) in [5.74, 6) is -0.902. The molecule has 0 aliphatic heterocycles. The number of amides is 2. The second-order valence-corrected chi connectivity index (χ2v) is 12.0. The largest absolute Gasteiger partial charge is 0.352 e. The van der Waals surface area contributed by atoms with E-state index in [0.717, 1.165) is 4.31 Å². The van der Waals surface area contributed by atoms with E-state index in [1.807, 2.05) is 13.8 Å². The Morgan fingerprint density at radius 1 is 0.895 bits per heavy atom. The summed E-state index contributed by atoms with van der Waals surface area (Å²) in [7, 11) is -4.14. The fourth-order valence-electron chi connectivity index (χ4n) is 3.95. The summed E-state index contributed by atoms with van der Waals surface area (Å²) in [5, 5.41) is 3.75. The molecule has 0 unspecified atom stereocenters. The standard InChI is InChI=1S/C28H31Cl2N3O4S/c1-19(2)31-28(35)21(4)32(17-22-9-8-10-23(29)16-22)27(34)18-33(26-14-13-24(30)15-20(26)3)38(36,37)25-11-6-5-7-12-25/h5-16,19,21H,17-18H2,1-4H3,(H,31,35)/t21-/m0/s1. The molecular weight excluding hydrogens is 545 g/mol. The van der Waals surface area contributed by atoms with Gasteiger partial charge in [-0.15, -0.1) is 0 Å². The normalized spacial score (nSPS) is 12.2. The van der Waals surface area contributed by atoms with Crippen LogP contribution in [0.15, 0.2) is 77.7 Å². The molecule has 0 aliphatic carbocycles. The van der Waals surface area contributed by atoms with Gasteiger partial charge in [0.15, 0.2) is 0 Å². The van der Waals surface area contributed by atoms with Gasteiger partial charge in [-0.1, -0.05) is 53.5 Å². The van der Waals surface area contributed by atoms with Crippen molar-refractivity contribution in [2.75, 3.05) is 10.8 Å². The van der Waals surface area contributed by atoms with E-state index in [2.05, 4.69) is 5.32 Å². The Kier molecular flexibility index (Phi) is 9.82. The minimum atomic E-state index is -4.14. The van der Waals surface area contributed by atoms with E-state index >= 15 is 0 Å². The Labute approximate surface area is 234 Å². The maximum atomic E-state index is 13.9. The van der Waals surface area contributed by atoms with Crippen LogP contribution in [0.3, 0.4) is 0 Å². The second-order valence-electron chi connectivity index (χ2n) is 9.25. The summed E-state index contributed by atoms with van der Waals surface area (Å²) >= 11 is 12.3. The van der Waals surface area contributed by atoms with Crippen molar-refractivity contribution < 1.29 is 18.0 Å². The summed E-state index contributed by atoms with van der Waals surface area (Å²) in [6, 6.07) is 18.6. The van der Waals surface area contributed by atoms with Gasteiger partial charge in [-0.2, -0.15) is 0 Å². The van der Waals surface area contributed by atoms with Crippen LogP contribution in [0.25, 0.3) is 0 Å². The zero-order chi connectivity index (χ0) is 28.0. The lowest BCUT2D eigenvalue weighted by Gasteiger charge is -2.32. The molecule has 0 aliphatic rings. The number of nitrogens with zero attached hydrogens (tertiary/aromatic N) is 2. The van der Waals surface area contributed by atoms with E-state index in [9.17, 15) is 18.0 Å². The number of hydrogen-bond donors (Lipinski definition) is 1. The Morgan fingerprint density at radius 2 is 1.55 bits per heavy atom. The fraction of sp³-hybridized carbons (Fsp3) is 0.286. The van der Waals surface area contributed by atoms with Gasteiger partial charge >= 0.3 is 0 Å². The van der Waals surface area contributed by atoms with Gasteiger partial charge < -0.3 is 10.2 Å². The van der Waals surface area contributed by atoms with Crippen molar-refractivity contribution in [1.82, 2.24) is 10.2 Å². The van der Waals surface area contributed by atoms with Crippen LogP contribution in [0.4, 0.5) is 5.69 Å². The van der Waals surface area contributed by atoms with Gasteiger partial charge in [0.25, 0.3) is 10.0 Å². The van der Waals surface area contributed by atoms with E-state index in [1.165, 1.54) is 17.0 Å². The summed E-state index contributed by atoms with van der Waals surface area (Å²) in [5.41, 5.74) is 1.60. The van der Waals surface area contributed by atoms with Crippen LogP contribution in [-0.2, 0) is 26.2 Å². The van der Waals surface area contributed by atoms with Crippen molar-refractivity contribution in [2.24, 2.45) is 0 Å². The minimum absolute atomic E-state index is 0.0362. The molecule has 0 radical (unpaired) electrons. The number of benzene rings is 3. The summed E-state index contributed by atoms with van der Waals surface area (Å²) in [4.78, 5) is 28.2. The third-order valence-corrected chi connectivity index (χ3v) is 8.12. The van der Waals surface area contributed by atoms with Crippen LogP contribution in [0.5, 0.6) is 0 Å². The van der Waals surface area contributed by atoms with Gasteiger partial charge in [-0.05, 0) is 81.3 Å². The van der Waals surface area contributed by atoms with Crippen LogP contribution in [0.2, 0.25) is 10.0 Å². The number of hydrogen-bond acceptors (Lipinski definition) is 4. The fourth-order valence-corrected chi connectivity index (χ4v) is 5.89. The van der Waals surface area contributed by atoms with Crippen molar-refractivity contribution in [1.29, 1.82) is 0 Å². The molecule has 0 fully saturated rings. The summed E-state index contributed by atoms with van der Waals surface area (Å²) in [6.45, 7) is 6.52. The molecular formula is C28H31Cl2N3O4S. The van der Waals surface area contributed by atoms with Gasteiger partial charge in [-0.3, -0.25) is 13.9 Å². The predicted octanol–water partition coefficient (Wildman–Crippen LogP) is 5.44. The number of carbonyl (C=O) groups excluding carboxylic acids is 2. The first-order valence-corrected chi connectivity index (χ1v) is 14.3. The van der Waals surface area contributed by atoms with E-state index in [-0.39, 0.29) is 23.4 Å². The van der Waals surface area contributed by atoms with E-state index in [4.69, 9.17) is 23.2 Å². The molecule has 1 N–H and O–H groups in total. The molecule has 7 nitrogen and oxygen atoms in total. The van der Waals surface area contributed by atoms with Crippen molar-refractivity contribution in [3.63, 3.8) is 0 Å². The van der Waals surface area contributed by atoms with Crippen molar-refractivity contribution >= 4 is 50.7 Å². The number of sulfonamides is 1. The quantitative estimate of drug-likeness (QED) is 0.348. The molecule has 0 saturated carbocycles. The molecule has 0 bridgehead atoms. The SMILES string of the molecule is Cc1cc(Cl)ccc1N(CC(=O)N(Cc1cccc(Cl)c1)[C@@H](C)C(=O)NC(C)C)S(=O)(=O)c1ccccc1. The van der Waals surface area contributed by atoms with Gasteiger partial charge in [0, 0.05) is 22.6 Å². The first-order chi connectivity index (χ1) is 17.9. The molecule has 0 aromatic heterocycles. The molecule has 0 saturated heterocycles. The van der Waals surface area contributed by atoms with E-state index in [1.54, 1.807) is 74.5 Å². The van der Waals surface area contributed by atoms with Gasteiger partial charge in [-0.25, -0.2) is 8.42 Å². The Morgan fingerprint density at radius 3 is 2.16 bits per heavy atom. The molecule has 202 valence electrons. The number of aryl methyl sites for hydroxylation is 1. The number of carbonyl (C=O) groups is 2. The van der Waals surface area contributed by atoms with Gasteiger partial charge in [0.05, 0.1) is 10.6 Å². The third kappa shape index (κ3) is 7.28. The zero-order valence-corrected chi connectivity index (χ0v) is 24.0. The first kappa shape index (κ1) is 29.5. The monoisotopic (exact) mass is 575 g/mol. The second kappa shape index (κ2) is 12.7. The molecule has 3 aromatic rings. The molecule has 1 atom stereocenters. The van der Waals surface area contributed by atoms with Crippen LogP contribution in [0, 0.1) is 6.92 Å². The zero-order valence-electron chi connectivity index (χ0n) is 21.7. The Balaban J connectivity index is 2.06. The van der Waals surface area contributed by atoms with Crippen molar-refractivity contribution in [2.45, 2.75) is 51.2 Å². The molecule has 0 spiro atoms. The number of anilines is 1. The number of nitrogens with one attached hydrogen (secondary N) is 1. The third-order valence-electron chi connectivity index (χ3n) is 5.88. The maximum absolute atomic E-state index is 13.9. The molecule has 3 aromatic carbocycles. The maximum Gasteiger partial charge on any atom is 0.264 e. The minimum Gasteiger partial charge on any atom is -0.352 e. The van der Waals surface area contributed by atoms with Crippen LogP contribution in [0.1, 0.15) is 31.9 Å². The molecule has 10 heteroatoms. The van der Waals surface area contributed by atoms with Crippen LogP contribution < -0.4 is 9.62 Å². The Hall–Kier alpha value is -3.07. The highest BCUT2D eigenvalue weighted by Gasteiger charge is 2.33. The van der Waals surface area contributed by atoms with Gasteiger partial charge in [0.2, 0.25) is 11.8 Å². The van der Waals surface area contributed by atoms with Gasteiger partial charge in [0.1, 0.15) is 12.6 Å². The highest BCUT2D eigenvalue weighted by molar-refractivity contribution is 7.92. The highest BCUT2D eigenvalue weighted by Crippen LogP contribution is 2.29. The number of rotatable bonds is 10. The number of halogens is 2.